The summed E-state index contributed by atoms with van der Waals surface area (Å²) in [5.41, 5.74) is 1.28. The molecule has 1 saturated heterocycles. The zero-order valence-electron chi connectivity index (χ0n) is 12.8. The fourth-order valence-electron chi connectivity index (χ4n) is 2.92. The molecule has 0 aromatic heterocycles. The second kappa shape index (κ2) is 7.65. The van der Waals surface area contributed by atoms with Gasteiger partial charge in [0.15, 0.2) is 0 Å². The normalized spacial score (nSPS) is 21.1. The zero-order chi connectivity index (χ0) is 14.4. The molecule has 0 radical (unpaired) electrons. The Morgan fingerprint density at radius 2 is 1.95 bits per heavy atom. The van der Waals surface area contributed by atoms with Gasteiger partial charge in [-0.05, 0) is 76.9 Å². The van der Waals surface area contributed by atoms with E-state index in [0.29, 0.717) is 17.8 Å². The Balaban J connectivity index is 1.70. The van der Waals surface area contributed by atoms with Crippen LogP contribution in [0.1, 0.15) is 38.7 Å². The second-order valence-corrected chi connectivity index (χ2v) is 6.13. The zero-order valence-corrected chi connectivity index (χ0v) is 12.8. The summed E-state index contributed by atoms with van der Waals surface area (Å²) in [6, 6.07) is 8.87. The maximum Gasteiger partial charge on any atom is 0.115 e. The van der Waals surface area contributed by atoms with E-state index in [2.05, 4.69) is 24.1 Å². The molecule has 0 bridgehead atoms. The number of phenols is 1. The van der Waals surface area contributed by atoms with Crippen LogP contribution in [0.4, 0.5) is 0 Å². The van der Waals surface area contributed by atoms with E-state index in [1.54, 1.807) is 12.1 Å². The van der Waals surface area contributed by atoms with Gasteiger partial charge in [0.05, 0.1) is 0 Å². The van der Waals surface area contributed by atoms with Crippen molar-refractivity contribution in [3.05, 3.63) is 29.8 Å². The van der Waals surface area contributed by atoms with Gasteiger partial charge in [-0.2, -0.15) is 0 Å². The average Bonchev–Trinajstić information content (AvgIpc) is 2.67. The lowest BCUT2D eigenvalue weighted by Crippen LogP contribution is -2.34. The molecule has 2 rings (SSSR count). The largest absolute Gasteiger partial charge is 0.508 e. The molecule has 2 N–H and O–H groups in total. The van der Waals surface area contributed by atoms with Crippen LogP contribution in [0.15, 0.2) is 24.3 Å². The highest BCUT2D eigenvalue weighted by Crippen LogP contribution is 2.14. The molecule has 1 fully saturated rings. The number of hydrogen-bond donors (Lipinski definition) is 2. The summed E-state index contributed by atoms with van der Waals surface area (Å²) in [6.45, 7) is 8.07. The Morgan fingerprint density at radius 1 is 1.20 bits per heavy atom. The van der Waals surface area contributed by atoms with Gasteiger partial charge < -0.3 is 15.3 Å². The van der Waals surface area contributed by atoms with Crippen molar-refractivity contribution >= 4 is 0 Å². The van der Waals surface area contributed by atoms with Crippen molar-refractivity contribution < 1.29 is 5.11 Å². The summed E-state index contributed by atoms with van der Waals surface area (Å²) in [5, 5.41) is 13.0. The fraction of sp³-hybridized carbons (Fsp3) is 0.647. The molecule has 0 saturated carbocycles. The van der Waals surface area contributed by atoms with Crippen LogP contribution in [-0.4, -0.2) is 41.7 Å². The number of phenolic OH excluding ortho intramolecular Hbond substituents is 1. The number of likely N-dealkylation sites (tertiary alicyclic amines) is 1. The Labute approximate surface area is 123 Å². The molecule has 0 amide bonds. The molecular weight excluding hydrogens is 248 g/mol. The third kappa shape index (κ3) is 4.80. The summed E-state index contributed by atoms with van der Waals surface area (Å²) < 4.78 is 0. The van der Waals surface area contributed by atoms with Gasteiger partial charge >= 0.3 is 0 Å². The van der Waals surface area contributed by atoms with Crippen LogP contribution in [0.5, 0.6) is 5.75 Å². The van der Waals surface area contributed by atoms with Crippen LogP contribution in [0.2, 0.25) is 0 Å². The molecule has 1 aromatic rings. The van der Waals surface area contributed by atoms with Crippen molar-refractivity contribution in [2.24, 2.45) is 0 Å². The number of nitrogens with zero attached hydrogens (tertiary/aromatic N) is 1. The standard InChI is InChI=1S/C17H28N2O/c1-14(2)19-12-3-4-16(10-13-19)18-11-9-15-5-7-17(20)8-6-15/h5-8,14,16,18,20H,3-4,9-13H2,1-2H3. The van der Waals surface area contributed by atoms with E-state index in [4.69, 9.17) is 0 Å². The van der Waals surface area contributed by atoms with E-state index in [0.717, 1.165) is 13.0 Å². The van der Waals surface area contributed by atoms with Gasteiger partial charge in [-0.3, -0.25) is 0 Å². The number of aromatic hydroxyl groups is 1. The smallest absolute Gasteiger partial charge is 0.115 e. The summed E-state index contributed by atoms with van der Waals surface area (Å²) in [4.78, 5) is 2.58. The quantitative estimate of drug-likeness (QED) is 0.868. The first-order chi connectivity index (χ1) is 9.65. The van der Waals surface area contributed by atoms with E-state index >= 15 is 0 Å². The average molecular weight is 276 g/mol. The van der Waals surface area contributed by atoms with E-state index in [-0.39, 0.29) is 0 Å². The van der Waals surface area contributed by atoms with Crippen molar-refractivity contribution in [3.63, 3.8) is 0 Å². The molecule has 1 heterocycles. The highest BCUT2D eigenvalue weighted by molar-refractivity contribution is 5.25. The first kappa shape index (κ1) is 15.3. The molecule has 3 nitrogen and oxygen atoms in total. The van der Waals surface area contributed by atoms with Crippen LogP contribution >= 0.6 is 0 Å². The van der Waals surface area contributed by atoms with Crippen molar-refractivity contribution in [2.75, 3.05) is 19.6 Å². The predicted octanol–water partition coefficient (Wildman–Crippen LogP) is 2.79. The molecule has 3 heteroatoms. The van der Waals surface area contributed by atoms with Gasteiger partial charge in [0.25, 0.3) is 0 Å². The van der Waals surface area contributed by atoms with Gasteiger partial charge in [0.2, 0.25) is 0 Å². The van der Waals surface area contributed by atoms with Crippen LogP contribution in [-0.2, 0) is 6.42 Å². The highest BCUT2D eigenvalue weighted by atomic mass is 16.3. The fourth-order valence-corrected chi connectivity index (χ4v) is 2.92. The maximum absolute atomic E-state index is 9.27. The van der Waals surface area contributed by atoms with E-state index in [1.807, 2.05) is 12.1 Å². The molecule has 1 aliphatic rings. The van der Waals surface area contributed by atoms with Crippen LogP contribution in [0, 0.1) is 0 Å². The van der Waals surface area contributed by atoms with Crippen LogP contribution in [0.25, 0.3) is 0 Å². The Kier molecular flexibility index (Phi) is 5.86. The summed E-state index contributed by atoms with van der Waals surface area (Å²) in [5.74, 6) is 0.347. The van der Waals surface area contributed by atoms with Crippen molar-refractivity contribution in [1.82, 2.24) is 10.2 Å². The number of hydrogen-bond acceptors (Lipinski definition) is 3. The minimum Gasteiger partial charge on any atom is -0.508 e. The monoisotopic (exact) mass is 276 g/mol. The molecule has 1 aliphatic heterocycles. The van der Waals surface area contributed by atoms with Crippen LogP contribution in [0.3, 0.4) is 0 Å². The van der Waals surface area contributed by atoms with Crippen molar-refractivity contribution in [1.29, 1.82) is 0 Å². The summed E-state index contributed by atoms with van der Waals surface area (Å²) in [6.07, 6.45) is 4.88. The van der Waals surface area contributed by atoms with Gasteiger partial charge in [0.1, 0.15) is 5.75 Å². The van der Waals surface area contributed by atoms with Crippen molar-refractivity contribution in [3.8, 4) is 5.75 Å². The van der Waals surface area contributed by atoms with Gasteiger partial charge in [0, 0.05) is 12.1 Å². The lowest BCUT2D eigenvalue weighted by atomic mass is 10.1. The molecule has 0 spiro atoms. The molecule has 20 heavy (non-hydrogen) atoms. The lowest BCUT2D eigenvalue weighted by Gasteiger charge is -2.24. The molecule has 0 aliphatic carbocycles. The Bertz CT molecular complexity index is 388. The minimum atomic E-state index is 0.347. The highest BCUT2D eigenvalue weighted by Gasteiger charge is 2.17. The maximum atomic E-state index is 9.27. The first-order valence-electron chi connectivity index (χ1n) is 7.90. The number of nitrogens with one attached hydrogen (secondary N) is 1. The molecule has 1 unspecified atom stereocenters. The number of rotatable bonds is 5. The summed E-state index contributed by atoms with van der Waals surface area (Å²) >= 11 is 0. The van der Waals surface area contributed by atoms with Gasteiger partial charge in [-0.1, -0.05) is 12.1 Å². The predicted molar refractivity (Wildman–Crippen MR) is 84.2 cm³/mol. The topological polar surface area (TPSA) is 35.5 Å². The molecule has 1 atom stereocenters. The Morgan fingerprint density at radius 3 is 2.65 bits per heavy atom. The summed E-state index contributed by atoms with van der Waals surface area (Å²) in [7, 11) is 0. The van der Waals surface area contributed by atoms with Crippen molar-refractivity contribution in [2.45, 2.75) is 51.6 Å². The Hall–Kier alpha value is -1.06. The SMILES string of the molecule is CC(C)N1CCCC(NCCc2ccc(O)cc2)CC1. The minimum absolute atomic E-state index is 0.347. The van der Waals surface area contributed by atoms with E-state index in [1.165, 1.54) is 37.9 Å². The molecule has 1 aromatic carbocycles. The molecule has 112 valence electrons. The van der Waals surface area contributed by atoms with E-state index in [9.17, 15) is 5.11 Å². The third-order valence-electron chi connectivity index (χ3n) is 4.28. The first-order valence-corrected chi connectivity index (χ1v) is 7.90. The molecular formula is C17H28N2O. The van der Waals surface area contributed by atoms with Crippen LogP contribution < -0.4 is 5.32 Å². The third-order valence-corrected chi connectivity index (χ3v) is 4.28. The number of benzene rings is 1. The second-order valence-electron chi connectivity index (χ2n) is 6.13. The van der Waals surface area contributed by atoms with Gasteiger partial charge in [-0.15, -0.1) is 0 Å². The van der Waals surface area contributed by atoms with E-state index < -0.39 is 0 Å². The lowest BCUT2D eigenvalue weighted by molar-refractivity contribution is 0.229. The van der Waals surface area contributed by atoms with Gasteiger partial charge in [-0.25, -0.2) is 0 Å².